The minimum atomic E-state index is 0.447. The Morgan fingerprint density at radius 1 is 1.19 bits per heavy atom. The van der Waals surface area contributed by atoms with Crippen LogP contribution in [-0.2, 0) is 6.54 Å². The van der Waals surface area contributed by atoms with Crippen LogP contribution < -0.4 is 15.4 Å². The summed E-state index contributed by atoms with van der Waals surface area (Å²) in [6.07, 6.45) is 1.88. The number of nitrogens with one attached hydrogen (secondary N) is 2. The molecule has 0 aliphatic carbocycles. The molecule has 27 heavy (non-hydrogen) atoms. The molecule has 0 radical (unpaired) electrons. The summed E-state index contributed by atoms with van der Waals surface area (Å²) in [5.41, 5.74) is 1.86. The van der Waals surface area contributed by atoms with Crippen LogP contribution in [0.3, 0.4) is 0 Å². The van der Waals surface area contributed by atoms with E-state index in [1.165, 1.54) is 0 Å². The first-order chi connectivity index (χ1) is 13.0. The first-order valence-electron chi connectivity index (χ1n) is 8.32. The maximum atomic E-state index is 6.22. The number of rotatable bonds is 6. The monoisotopic (exact) mass is 464 g/mol. The van der Waals surface area contributed by atoms with E-state index in [1.54, 1.807) is 4.68 Å². The van der Waals surface area contributed by atoms with Crippen molar-refractivity contribution in [1.82, 2.24) is 9.78 Å². The van der Waals surface area contributed by atoms with Gasteiger partial charge < -0.3 is 15.4 Å². The van der Waals surface area contributed by atoms with Crippen LogP contribution in [0.4, 0.5) is 11.5 Å². The number of hydrogen-bond acceptors (Lipinski definition) is 3. The fourth-order valence-electron chi connectivity index (χ4n) is 2.43. The highest BCUT2D eigenvalue weighted by Gasteiger charge is 2.10. The molecule has 0 aliphatic heterocycles. The lowest BCUT2D eigenvalue weighted by molar-refractivity contribution is 0.340. The number of anilines is 2. The van der Waals surface area contributed by atoms with E-state index < -0.39 is 0 Å². The minimum absolute atomic E-state index is 0.447. The Morgan fingerprint density at radius 2 is 1.93 bits per heavy atom. The van der Waals surface area contributed by atoms with Gasteiger partial charge in [-0.15, -0.1) is 0 Å². The summed E-state index contributed by atoms with van der Waals surface area (Å²) in [5.74, 6) is 1.45. The van der Waals surface area contributed by atoms with Crippen LogP contribution in [0.2, 0.25) is 5.02 Å². The third kappa shape index (κ3) is 5.45. The Balaban J connectivity index is 1.62. The van der Waals surface area contributed by atoms with E-state index in [1.807, 2.05) is 61.7 Å². The van der Waals surface area contributed by atoms with Crippen molar-refractivity contribution in [3.63, 3.8) is 0 Å². The number of halogens is 2. The summed E-state index contributed by atoms with van der Waals surface area (Å²) in [7, 11) is 0. The van der Waals surface area contributed by atoms with E-state index >= 15 is 0 Å². The summed E-state index contributed by atoms with van der Waals surface area (Å²) < 4.78 is 8.04. The van der Waals surface area contributed by atoms with Crippen molar-refractivity contribution in [1.29, 1.82) is 0 Å². The van der Waals surface area contributed by atoms with Crippen LogP contribution in [-0.4, -0.2) is 21.5 Å². The van der Waals surface area contributed by atoms with Crippen molar-refractivity contribution in [2.24, 2.45) is 0 Å². The minimum Gasteiger partial charge on any atom is -0.494 e. The topological polar surface area (TPSA) is 51.1 Å². The van der Waals surface area contributed by atoms with Gasteiger partial charge in [-0.1, -0.05) is 29.8 Å². The fourth-order valence-corrected chi connectivity index (χ4v) is 3.26. The van der Waals surface area contributed by atoms with Crippen molar-refractivity contribution in [3.05, 3.63) is 69.8 Å². The zero-order chi connectivity index (χ0) is 19.2. The van der Waals surface area contributed by atoms with Gasteiger partial charge in [-0.05, 0) is 71.0 Å². The second-order valence-corrected chi connectivity index (χ2v) is 7.32. The SMILES string of the molecule is CCOc1ccc(NC(=S)Nc2nn(Cc3ccccc3Cl)cc2Br)cc1. The molecule has 0 bridgehead atoms. The number of benzene rings is 2. The summed E-state index contributed by atoms with van der Waals surface area (Å²) in [4.78, 5) is 0. The van der Waals surface area contributed by atoms with Crippen LogP contribution in [0.5, 0.6) is 5.75 Å². The molecule has 0 atom stereocenters. The molecule has 0 amide bonds. The standard InChI is InChI=1S/C19H18BrClN4OS/c1-2-26-15-9-7-14(8-10-15)22-19(27)23-18-16(20)12-25(24-18)11-13-5-3-4-6-17(13)21/h3-10,12H,2,11H2,1H3,(H2,22,23,24,27). The highest BCUT2D eigenvalue weighted by Crippen LogP contribution is 2.23. The molecule has 0 spiro atoms. The molecule has 5 nitrogen and oxygen atoms in total. The third-order valence-electron chi connectivity index (χ3n) is 3.66. The number of hydrogen-bond donors (Lipinski definition) is 2. The Labute approximate surface area is 176 Å². The molecule has 1 aromatic heterocycles. The van der Waals surface area contributed by atoms with Gasteiger partial charge in [0.1, 0.15) is 5.75 Å². The normalized spacial score (nSPS) is 10.5. The lowest BCUT2D eigenvalue weighted by atomic mass is 10.2. The molecule has 0 fully saturated rings. The van der Waals surface area contributed by atoms with Gasteiger partial charge in [0.15, 0.2) is 10.9 Å². The largest absolute Gasteiger partial charge is 0.494 e. The van der Waals surface area contributed by atoms with E-state index in [2.05, 4.69) is 31.7 Å². The molecule has 2 N–H and O–H groups in total. The molecular weight excluding hydrogens is 448 g/mol. The molecule has 2 aromatic carbocycles. The zero-order valence-corrected chi connectivity index (χ0v) is 17.7. The van der Waals surface area contributed by atoms with Crippen molar-refractivity contribution < 1.29 is 4.74 Å². The highest BCUT2D eigenvalue weighted by molar-refractivity contribution is 9.10. The summed E-state index contributed by atoms with van der Waals surface area (Å²) >= 11 is 15.1. The van der Waals surface area contributed by atoms with E-state index in [0.29, 0.717) is 29.1 Å². The molecule has 8 heteroatoms. The van der Waals surface area contributed by atoms with E-state index in [0.717, 1.165) is 21.5 Å². The van der Waals surface area contributed by atoms with Gasteiger partial charge in [0.2, 0.25) is 0 Å². The van der Waals surface area contributed by atoms with E-state index in [-0.39, 0.29) is 0 Å². The number of aromatic nitrogens is 2. The lowest BCUT2D eigenvalue weighted by Crippen LogP contribution is -2.19. The Bertz CT molecular complexity index is 930. The number of ether oxygens (including phenoxy) is 1. The first kappa shape index (κ1) is 19.7. The fraction of sp³-hybridized carbons (Fsp3) is 0.158. The van der Waals surface area contributed by atoms with E-state index in [4.69, 9.17) is 28.6 Å². The molecule has 3 rings (SSSR count). The molecule has 1 heterocycles. The predicted molar refractivity (Wildman–Crippen MR) is 118 cm³/mol. The Hall–Kier alpha value is -2.09. The summed E-state index contributed by atoms with van der Waals surface area (Å²) in [6.45, 7) is 3.16. The Morgan fingerprint density at radius 3 is 2.63 bits per heavy atom. The number of nitrogens with zero attached hydrogens (tertiary/aromatic N) is 2. The second-order valence-electron chi connectivity index (χ2n) is 5.65. The molecular formula is C19H18BrClN4OS. The molecule has 0 aliphatic rings. The smallest absolute Gasteiger partial charge is 0.176 e. The van der Waals surface area contributed by atoms with Gasteiger partial charge in [-0.25, -0.2) is 0 Å². The third-order valence-corrected chi connectivity index (χ3v) is 4.82. The summed E-state index contributed by atoms with van der Waals surface area (Å²) in [5, 5.41) is 11.9. The number of thiocarbonyl (C=S) groups is 1. The average molecular weight is 466 g/mol. The zero-order valence-electron chi connectivity index (χ0n) is 14.6. The molecule has 0 saturated heterocycles. The second kappa shape index (κ2) is 9.21. The van der Waals surface area contributed by atoms with Gasteiger partial charge in [-0.3, -0.25) is 4.68 Å². The molecule has 140 valence electrons. The van der Waals surface area contributed by atoms with Crippen LogP contribution in [0.25, 0.3) is 0 Å². The summed E-state index contributed by atoms with van der Waals surface area (Å²) in [6, 6.07) is 15.3. The molecule has 3 aromatic rings. The molecule has 0 saturated carbocycles. The van der Waals surface area contributed by atoms with Crippen molar-refractivity contribution in [2.75, 3.05) is 17.2 Å². The maximum Gasteiger partial charge on any atom is 0.176 e. The lowest BCUT2D eigenvalue weighted by Gasteiger charge is -2.10. The van der Waals surface area contributed by atoms with Crippen LogP contribution in [0, 0.1) is 0 Å². The van der Waals surface area contributed by atoms with Crippen LogP contribution >= 0.6 is 39.7 Å². The quantitative estimate of drug-likeness (QED) is 0.467. The Kier molecular flexibility index (Phi) is 6.71. The first-order valence-corrected chi connectivity index (χ1v) is 9.90. The van der Waals surface area contributed by atoms with Crippen LogP contribution in [0.15, 0.2) is 59.2 Å². The van der Waals surface area contributed by atoms with Gasteiger partial charge in [0.05, 0.1) is 17.6 Å². The van der Waals surface area contributed by atoms with Crippen molar-refractivity contribution >= 4 is 56.4 Å². The van der Waals surface area contributed by atoms with E-state index in [9.17, 15) is 0 Å². The maximum absolute atomic E-state index is 6.22. The van der Waals surface area contributed by atoms with Crippen LogP contribution in [0.1, 0.15) is 12.5 Å². The van der Waals surface area contributed by atoms with Gasteiger partial charge in [0.25, 0.3) is 0 Å². The van der Waals surface area contributed by atoms with Gasteiger partial charge >= 0.3 is 0 Å². The predicted octanol–water partition coefficient (Wildman–Crippen LogP) is 5.55. The van der Waals surface area contributed by atoms with Gasteiger partial charge in [-0.2, -0.15) is 5.10 Å². The van der Waals surface area contributed by atoms with Crippen molar-refractivity contribution in [2.45, 2.75) is 13.5 Å². The van der Waals surface area contributed by atoms with Crippen molar-refractivity contribution in [3.8, 4) is 5.75 Å². The highest BCUT2D eigenvalue weighted by atomic mass is 79.9. The average Bonchev–Trinajstić information content (AvgIpc) is 2.98. The van der Waals surface area contributed by atoms with Gasteiger partial charge in [0, 0.05) is 16.9 Å². The molecule has 0 unspecified atom stereocenters.